The molecule has 0 fully saturated rings. The van der Waals surface area contributed by atoms with Crippen LogP contribution >= 0.6 is 15.9 Å². The Balaban J connectivity index is 2.67. The number of benzene rings is 1. The van der Waals surface area contributed by atoms with Gasteiger partial charge in [-0.3, -0.25) is 15.4 Å². The molecule has 0 unspecified atom stereocenters. The van der Waals surface area contributed by atoms with Crippen molar-refractivity contribution in [1.82, 2.24) is 16.0 Å². The van der Waals surface area contributed by atoms with Crippen LogP contribution in [0.15, 0.2) is 22.7 Å². The van der Waals surface area contributed by atoms with Gasteiger partial charge in [0.15, 0.2) is 0 Å². The highest BCUT2D eigenvalue weighted by Gasteiger charge is 2.18. The molecule has 3 N–H and O–H groups in total. The predicted molar refractivity (Wildman–Crippen MR) is 84.3 cm³/mol. The summed E-state index contributed by atoms with van der Waals surface area (Å²) in [4.78, 5) is 22.9. The summed E-state index contributed by atoms with van der Waals surface area (Å²) in [6.45, 7) is 3.64. The number of rotatable bonds is 5. The lowest BCUT2D eigenvalue weighted by atomic mass is 10.1. The van der Waals surface area contributed by atoms with E-state index in [2.05, 4.69) is 31.9 Å². The largest absolute Gasteiger partial charge is 0.496 e. The molecule has 3 amide bonds. The van der Waals surface area contributed by atoms with E-state index in [1.54, 1.807) is 14.0 Å². The van der Waals surface area contributed by atoms with Crippen LogP contribution in [0, 0.1) is 0 Å². The first-order valence-electron chi connectivity index (χ1n) is 6.51. The zero-order valence-corrected chi connectivity index (χ0v) is 14.1. The van der Waals surface area contributed by atoms with E-state index in [1.807, 2.05) is 25.1 Å². The van der Waals surface area contributed by atoms with Gasteiger partial charge in [-0.1, -0.05) is 6.07 Å². The zero-order valence-electron chi connectivity index (χ0n) is 12.5. The van der Waals surface area contributed by atoms with Gasteiger partial charge < -0.3 is 10.1 Å². The van der Waals surface area contributed by atoms with Gasteiger partial charge in [-0.05, 0) is 47.5 Å². The number of amides is 3. The van der Waals surface area contributed by atoms with Crippen LogP contribution < -0.4 is 20.7 Å². The third-order valence-corrected chi connectivity index (χ3v) is 3.65. The summed E-state index contributed by atoms with van der Waals surface area (Å²) in [7, 11) is 3.06. The first-order chi connectivity index (χ1) is 9.88. The van der Waals surface area contributed by atoms with Gasteiger partial charge >= 0.3 is 6.03 Å². The minimum absolute atomic E-state index is 0.0577. The molecule has 0 aromatic heterocycles. The Labute approximate surface area is 132 Å². The van der Waals surface area contributed by atoms with E-state index in [4.69, 9.17) is 4.74 Å². The molecule has 0 aliphatic heterocycles. The topological polar surface area (TPSA) is 79.5 Å². The third kappa shape index (κ3) is 5.02. The molecule has 116 valence electrons. The molecule has 0 aliphatic carbocycles. The molecule has 7 heteroatoms. The van der Waals surface area contributed by atoms with E-state index in [-0.39, 0.29) is 11.9 Å². The van der Waals surface area contributed by atoms with Crippen LogP contribution in [0.5, 0.6) is 5.75 Å². The fraction of sp³-hybridized carbons (Fsp3) is 0.429. The molecule has 1 aromatic carbocycles. The normalized spacial score (nSPS) is 13.2. The summed E-state index contributed by atoms with van der Waals surface area (Å²) < 4.78 is 6.03. The summed E-state index contributed by atoms with van der Waals surface area (Å²) in [6.07, 6.45) is 0. The van der Waals surface area contributed by atoms with Crippen molar-refractivity contribution < 1.29 is 14.3 Å². The zero-order chi connectivity index (χ0) is 16.0. The number of hydrogen-bond donors (Lipinski definition) is 3. The number of methoxy groups -OCH3 is 1. The highest BCUT2D eigenvalue weighted by molar-refractivity contribution is 9.10. The second kappa shape index (κ2) is 7.99. The molecular formula is C14H20BrN3O3. The summed E-state index contributed by atoms with van der Waals surface area (Å²) in [5, 5.41) is 7.71. The Bertz CT molecular complexity index is 522. The molecule has 0 saturated heterocycles. The number of hydrogen-bond acceptors (Lipinski definition) is 4. The fourth-order valence-electron chi connectivity index (χ4n) is 1.78. The van der Waals surface area contributed by atoms with Crippen LogP contribution in [-0.2, 0) is 4.79 Å². The van der Waals surface area contributed by atoms with Gasteiger partial charge in [0.25, 0.3) is 0 Å². The average molecular weight is 358 g/mol. The van der Waals surface area contributed by atoms with Crippen molar-refractivity contribution in [3.63, 3.8) is 0 Å². The minimum atomic E-state index is -0.520. The molecule has 0 heterocycles. The van der Waals surface area contributed by atoms with Crippen LogP contribution in [0.25, 0.3) is 0 Å². The number of ether oxygens (including phenoxy) is 1. The van der Waals surface area contributed by atoms with Crippen LogP contribution in [0.3, 0.4) is 0 Å². The molecule has 21 heavy (non-hydrogen) atoms. The standard InChI is InChI=1S/C14H20BrN3O3/c1-8(10-5-6-12(21-4)11(15)7-10)17-9(2)13(19)18-14(20)16-3/h5-9,17H,1-4H3,(H2,16,18,19,20)/t8-,9-/m1/s1. The van der Waals surface area contributed by atoms with Crippen molar-refractivity contribution in [2.75, 3.05) is 14.2 Å². The van der Waals surface area contributed by atoms with Crippen LogP contribution in [0.4, 0.5) is 4.79 Å². The maximum absolute atomic E-state index is 11.8. The van der Waals surface area contributed by atoms with Gasteiger partial charge in [0.1, 0.15) is 5.75 Å². The molecule has 6 nitrogen and oxygen atoms in total. The van der Waals surface area contributed by atoms with Gasteiger partial charge in [0, 0.05) is 13.1 Å². The molecule has 0 aliphatic rings. The number of urea groups is 1. The monoisotopic (exact) mass is 357 g/mol. The van der Waals surface area contributed by atoms with Crippen molar-refractivity contribution >= 4 is 27.9 Å². The maximum atomic E-state index is 11.8. The Morgan fingerprint density at radius 3 is 2.48 bits per heavy atom. The SMILES string of the molecule is CNC(=O)NC(=O)[C@@H](C)N[C@H](C)c1ccc(OC)c(Br)c1. The molecule has 2 atom stereocenters. The third-order valence-electron chi connectivity index (χ3n) is 3.03. The van der Waals surface area contributed by atoms with Crippen LogP contribution in [0.2, 0.25) is 0 Å². The average Bonchev–Trinajstić information content (AvgIpc) is 2.46. The maximum Gasteiger partial charge on any atom is 0.321 e. The molecule has 0 radical (unpaired) electrons. The highest BCUT2D eigenvalue weighted by atomic mass is 79.9. The van der Waals surface area contributed by atoms with Gasteiger partial charge in [-0.25, -0.2) is 4.79 Å². The van der Waals surface area contributed by atoms with Crippen molar-refractivity contribution in [2.45, 2.75) is 25.9 Å². The van der Waals surface area contributed by atoms with E-state index < -0.39 is 12.1 Å². The van der Waals surface area contributed by atoms with Gasteiger partial charge in [-0.15, -0.1) is 0 Å². The minimum Gasteiger partial charge on any atom is -0.496 e. The lowest BCUT2D eigenvalue weighted by Gasteiger charge is -2.20. The number of nitrogens with one attached hydrogen (secondary N) is 3. The lowest BCUT2D eigenvalue weighted by Crippen LogP contribution is -2.47. The highest BCUT2D eigenvalue weighted by Crippen LogP contribution is 2.28. The van der Waals surface area contributed by atoms with Crippen LogP contribution in [0.1, 0.15) is 25.5 Å². The van der Waals surface area contributed by atoms with E-state index in [1.165, 1.54) is 7.05 Å². The van der Waals surface area contributed by atoms with Crippen molar-refractivity contribution in [1.29, 1.82) is 0 Å². The quantitative estimate of drug-likeness (QED) is 0.752. The van der Waals surface area contributed by atoms with E-state index in [0.717, 1.165) is 15.8 Å². The van der Waals surface area contributed by atoms with Gasteiger partial charge in [-0.2, -0.15) is 0 Å². The molecule has 0 bridgehead atoms. The van der Waals surface area contributed by atoms with Gasteiger partial charge in [0.2, 0.25) is 5.91 Å². The van der Waals surface area contributed by atoms with Crippen molar-refractivity contribution in [3.05, 3.63) is 28.2 Å². The molecule has 1 rings (SSSR count). The first-order valence-corrected chi connectivity index (χ1v) is 7.30. The summed E-state index contributed by atoms with van der Waals surface area (Å²) >= 11 is 3.43. The molecule has 0 spiro atoms. The number of carbonyl (C=O) groups is 2. The van der Waals surface area contributed by atoms with Gasteiger partial charge in [0.05, 0.1) is 17.6 Å². The van der Waals surface area contributed by atoms with E-state index in [0.29, 0.717) is 0 Å². The second-order valence-electron chi connectivity index (χ2n) is 4.57. The van der Waals surface area contributed by atoms with E-state index in [9.17, 15) is 9.59 Å². The van der Waals surface area contributed by atoms with Crippen molar-refractivity contribution in [3.8, 4) is 5.75 Å². The number of halogens is 1. The smallest absolute Gasteiger partial charge is 0.321 e. The number of carbonyl (C=O) groups excluding carboxylic acids is 2. The Morgan fingerprint density at radius 2 is 1.95 bits per heavy atom. The lowest BCUT2D eigenvalue weighted by molar-refractivity contribution is -0.121. The Morgan fingerprint density at radius 1 is 1.29 bits per heavy atom. The summed E-state index contributed by atoms with van der Waals surface area (Å²) in [5.41, 5.74) is 1.00. The Kier molecular flexibility index (Phi) is 6.64. The fourth-order valence-corrected chi connectivity index (χ4v) is 2.34. The van der Waals surface area contributed by atoms with Crippen molar-refractivity contribution in [2.24, 2.45) is 0 Å². The first kappa shape index (κ1) is 17.5. The Hall–Kier alpha value is -1.60. The van der Waals surface area contributed by atoms with E-state index >= 15 is 0 Å². The van der Waals surface area contributed by atoms with Crippen LogP contribution in [-0.4, -0.2) is 32.1 Å². The molecular weight excluding hydrogens is 338 g/mol. The molecule has 1 aromatic rings. The summed E-state index contributed by atoms with van der Waals surface area (Å²) in [5.74, 6) is 0.366. The molecule has 0 saturated carbocycles. The predicted octanol–water partition coefficient (Wildman–Crippen LogP) is 1.95. The summed E-state index contributed by atoms with van der Waals surface area (Å²) in [6, 6.07) is 4.63. The second-order valence-corrected chi connectivity index (χ2v) is 5.43. The number of imide groups is 1.